The predicted molar refractivity (Wildman–Crippen MR) is 56.8 cm³/mol. The zero-order valence-electron chi connectivity index (χ0n) is 8.02. The van der Waals surface area contributed by atoms with Crippen LogP contribution in [0.15, 0.2) is 17.6 Å². The number of aromatic amines is 1. The van der Waals surface area contributed by atoms with Crippen LogP contribution in [0.4, 0.5) is 0 Å². The molecule has 1 unspecified atom stereocenters. The zero-order chi connectivity index (χ0) is 10.6. The Kier molecular flexibility index (Phi) is 3.97. The minimum atomic E-state index is -3.42. The van der Waals surface area contributed by atoms with Crippen molar-refractivity contribution in [2.24, 2.45) is 0 Å². The van der Waals surface area contributed by atoms with Crippen LogP contribution < -0.4 is 4.72 Å². The maximum Gasteiger partial charge on any atom is 0.257 e. The number of nitrogens with zero attached hydrogens (tertiary/aromatic N) is 1. The van der Waals surface area contributed by atoms with E-state index in [1.54, 1.807) is 11.8 Å². The van der Waals surface area contributed by atoms with Crippen molar-refractivity contribution >= 4 is 21.8 Å². The fourth-order valence-electron chi connectivity index (χ4n) is 1.00. The van der Waals surface area contributed by atoms with Crippen molar-refractivity contribution in [2.75, 3.05) is 12.0 Å². The lowest BCUT2D eigenvalue weighted by Gasteiger charge is -2.11. The van der Waals surface area contributed by atoms with Crippen molar-refractivity contribution < 1.29 is 8.42 Å². The number of rotatable bonds is 5. The van der Waals surface area contributed by atoms with Gasteiger partial charge in [-0.3, -0.25) is 0 Å². The van der Waals surface area contributed by atoms with Gasteiger partial charge in [0.05, 0.1) is 12.5 Å². The monoisotopic (exact) mass is 235 g/mol. The van der Waals surface area contributed by atoms with E-state index in [1.165, 1.54) is 12.5 Å². The Morgan fingerprint density at radius 3 is 2.93 bits per heavy atom. The second kappa shape index (κ2) is 4.81. The molecule has 0 bridgehead atoms. The van der Waals surface area contributed by atoms with Gasteiger partial charge in [0.25, 0.3) is 10.0 Å². The lowest BCUT2D eigenvalue weighted by Crippen LogP contribution is -2.34. The molecule has 0 aromatic carbocycles. The SMILES string of the molecule is CSCC(C)NS(=O)(=O)c1cnc[nH]1. The number of thioether (sulfide) groups is 1. The summed E-state index contributed by atoms with van der Waals surface area (Å²) in [5.41, 5.74) is 0. The van der Waals surface area contributed by atoms with E-state index in [1.807, 2.05) is 13.2 Å². The van der Waals surface area contributed by atoms with Crippen LogP contribution in [-0.4, -0.2) is 36.4 Å². The van der Waals surface area contributed by atoms with E-state index < -0.39 is 10.0 Å². The summed E-state index contributed by atoms with van der Waals surface area (Å²) < 4.78 is 25.7. The molecule has 1 atom stereocenters. The van der Waals surface area contributed by atoms with E-state index in [4.69, 9.17) is 0 Å². The van der Waals surface area contributed by atoms with Gasteiger partial charge in [0.2, 0.25) is 0 Å². The lowest BCUT2D eigenvalue weighted by molar-refractivity contribution is 0.568. The molecule has 7 heteroatoms. The van der Waals surface area contributed by atoms with Gasteiger partial charge in [-0.25, -0.2) is 18.1 Å². The summed E-state index contributed by atoms with van der Waals surface area (Å²) in [6, 6.07) is -0.0849. The van der Waals surface area contributed by atoms with E-state index >= 15 is 0 Å². The summed E-state index contributed by atoms with van der Waals surface area (Å²) in [5, 5.41) is 0.102. The molecular formula is C7H13N3O2S2. The first kappa shape index (κ1) is 11.5. The van der Waals surface area contributed by atoms with Gasteiger partial charge in [-0.1, -0.05) is 0 Å². The van der Waals surface area contributed by atoms with Crippen LogP contribution in [0.2, 0.25) is 0 Å². The molecule has 0 spiro atoms. The van der Waals surface area contributed by atoms with E-state index in [0.29, 0.717) is 0 Å². The van der Waals surface area contributed by atoms with Crippen LogP contribution in [0.25, 0.3) is 0 Å². The second-order valence-electron chi connectivity index (χ2n) is 2.89. The van der Waals surface area contributed by atoms with Gasteiger partial charge in [0.1, 0.15) is 0 Å². The molecule has 2 N–H and O–H groups in total. The number of aromatic nitrogens is 2. The standard InChI is InChI=1S/C7H13N3O2S2/c1-6(4-13-2)10-14(11,12)7-3-8-5-9-7/h3,5-6,10H,4H2,1-2H3,(H,8,9). The molecule has 0 saturated heterocycles. The molecule has 0 aliphatic heterocycles. The molecule has 80 valence electrons. The number of nitrogens with one attached hydrogen (secondary N) is 2. The highest BCUT2D eigenvalue weighted by Gasteiger charge is 2.17. The van der Waals surface area contributed by atoms with Gasteiger partial charge in [-0.15, -0.1) is 0 Å². The Morgan fingerprint density at radius 2 is 2.43 bits per heavy atom. The maximum atomic E-state index is 11.6. The molecular weight excluding hydrogens is 222 g/mol. The van der Waals surface area contributed by atoms with E-state index in [0.717, 1.165) is 5.75 Å². The predicted octanol–water partition coefficient (Wildman–Crippen LogP) is 0.440. The van der Waals surface area contributed by atoms with Crippen molar-refractivity contribution in [1.82, 2.24) is 14.7 Å². The van der Waals surface area contributed by atoms with Gasteiger partial charge in [0.15, 0.2) is 5.03 Å². The molecule has 1 aromatic heterocycles. The number of H-pyrrole nitrogens is 1. The topological polar surface area (TPSA) is 74.8 Å². The molecule has 0 radical (unpaired) electrons. The van der Waals surface area contributed by atoms with Gasteiger partial charge in [-0.2, -0.15) is 11.8 Å². The molecule has 1 aromatic rings. The fourth-order valence-corrected chi connectivity index (χ4v) is 2.84. The highest BCUT2D eigenvalue weighted by molar-refractivity contribution is 7.98. The summed E-state index contributed by atoms with van der Waals surface area (Å²) in [4.78, 5) is 6.22. The molecule has 14 heavy (non-hydrogen) atoms. The minimum Gasteiger partial charge on any atom is -0.335 e. The normalized spacial score (nSPS) is 14.1. The Labute approximate surface area is 87.8 Å². The molecule has 0 aliphatic carbocycles. The van der Waals surface area contributed by atoms with Crippen LogP contribution in [-0.2, 0) is 10.0 Å². The van der Waals surface area contributed by atoms with Crippen molar-refractivity contribution in [3.8, 4) is 0 Å². The summed E-state index contributed by atoms with van der Waals surface area (Å²) in [6.07, 6.45) is 4.56. The van der Waals surface area contributed by atoms with Crippen LogP contribution in [0, 0.1) is 0 Å². The summed E-state index contributed by atoms with van der Waals surface area (Å²) in [6.45, 7) is 1.82. The minimum absolute atomic E-state index is 0.0849. The Hall–Kier alpha value is -0.530. The summed E-state index contributed by atoms with van der Waals surface area (Å²) in [7, 11) is -3.42. The first-order valence-corrected chi connectivity index (χ1v) is 6.93. The van der Waals surface area contributed by atoms with Gasteiger partial charge < -0.3 is 4.98 Å². The van der Waals surface area contributed by atoms with Crippen molar-refractivity contribution in [3.63, 3.8) is 0 Å². The van der Waals surface area contributed by atoms with Gasteiger partial charge in [0, 0.05) is 11.8 Å². The Morgan fingerprint density at radius 1 is 1.71 bits per heavy atom. The van der Waals surface area contributed by atoms with E-state index in [-0.39, 0.29) is 11.1 Å². The average Bonchev–Trinajstić information content (AvgIpc) is 2.54. The quantitative estimate of drug-likeness (QED) is 0.776. The maximum absolute atomic E-state index is 11.6. The molecule has 1 rings (SSSR count). The van der Waals surface area contributed by atoms with Crippen molar-refractivity contribution in [3.05, 3.63) is 12.5 Å². The zero-order valence-corrected chi connectivity index (χ0v) is 9.65. The van der Waals surface area contributed by atoms with Gasteiger partial charge >= 0.3 is 0 Å². The lowest BCUT2D eigenvalue weighted by atomic mass is 10.4. The third kappa shape index (κ3) is 3.00. The van der Waals surface area contributed by atoms with Crippen LogP contribution >= 0.6 is 11.8 Å². The molecule has 0 aliphatic rings. The number of imidazole rings is 1. The molecule has 0 fully saturated rings. The van der Waals surface area contributed by atoms with Crippen LogP contribution in [0.1, 0.15) is 6.92 Å². The van der Waals surface area contributed by atoms with Crippen LogP contribution in [0.5, 0.6) is 0 Å². The van der Waals surface area contributed by atoms with Crippen LogP contribution in [0.3, 0.4) is 0 Å². The molecule has 5 nitrogen and oxygen atoms in total. The molecule has 0 saturated carbocycles. The van der Waals surface area contributed by atoms with Gasteiger partial charge in [-0.05, 0) is 13.2 Å². The summed E-state index contributed by atoms with van der Waals surface area (Å²) in [5.74, 6) is 0.743. The summed E-state index contributed by atoms with van der Waals surface area (Å²) >= 11 is 1.59. The van der Waals surface area contributed by atoms with E-state index in [2.05, 4.69) is 14.7 Å². The highest BCUT2D eigenvalue weighted by Crippen LogP contribution is 2.05. The number of sulfonamides is 1. The van der Waals surface area contributed by atoms with Crippen molar-refractivity contribution in [2.45, 2.75) is 18.0 Å². The van der Waals surface area contributed by atoms with E-state index in [9.17, 15) is 8.42 Å². The highest BCUT2D eigenvalue weighted by atomic mass is 32.2. The first-order chi connectivity index (χ1) is 6.56. The fraction of sp³-hybridized carbons (Fsp3) is 0.571. The molecule has 0 amide bonds. The number of hydrogen-bond donors (Lipinski definition) is 2. The third-order valence-electron chi connectivity index (χ3n) is 1.54. The Balaban J connectivity index is 2.68. The van der Waals surface area contributed by atoms with Crippen molar-refractivity contribution in [1.29, 1.82) is 0 Å². The Bertz CT molecular complexity index is 360. The first-order valence-electron chi connectivity index (χ1n) is 4.06. The molecule has 1 heterocycles. The number of hydrogen-bond acceptors (Lipinski definition) is 4. The second-order valence-corrected chi connectivity index (χ2v) is 5.49. The third-order valence-corrected chi connectivity index (χ3v) is 3.88. The largest absolute Gasteiger partial charge is 0.335 e. The average molecular weight is 235 g/mol. The smallest absolute Gasteiger partial charge is 0.257 e.